The highest BCUT2D eigenvalue weighted by atomic mass is 35.5. The van der Waals surface area contributed by atoms with Crippen LogP contribution < -0.4 is 10.1 Å². The fourth-order valence-corrected chi connectivity index (χ4v) is 5.37. The Morgan fingerprint density at radius 3 is 2.74 bits per heavy atom. The lowest BCUT2D eigenvalue weighted by atomic mass is 9.87. The van der Waals surface area contributed by atoms with Gasteiger partial charge in [-0.15, -0.1) is 0 Å². The smallest absolute Gasteiger partial charge is 0.228 e. The van der Waals surface area contributed by atoms with Crippen molar-refractivity contribution in [2.75, 3.05) is 39.1 Å². The molecule has 0 bridgehead atoms. The molecule has 2 aliphatic heterocycles. The summed E-state index contributed by atoms with van der Waals surface area (Å²) in [5.41, 5.74) is 1.93. The lowest BCUT2D eigenvalue weighted by molar-refractivity contribution is -0.119. The van der Waals surface area contributed by atoms with Crippen LogP contribution in [0.4, 0.5) is 5.69 Å². The van der Waals surface area contributed by atoms with Gasteiger partial charge in [0.2, 0.25) is 5.91 Å². The van der Waals surface area contributed by atoms with Gasteiger partial charge in [0, 0.05) is 30.7 Å². The maximum absolute atomic E-state index is 13.0. The van der Waals surface area contributed by atoms with Crippen molar-refractivity contribution in [1.29, 1.82) is 0 Å². The lowest BCUT2D eigenvalue weighted by Gasteiger charge is -2.38. The van der Waals surface area contributed by atoms with Crippen LogP contribution >= 0.6 is 11.6 Å². The van der Waals surface area contributed by atoms with Crippen LogP contribution in [-0.2, 0) is 11.3 Å². The number of rotatable bonds is 6. The number of anilines is 1. The molecule has 4 rings (SSSR count). The number of hydrogen-bond acceptors (Lipinski definition) is 4. The predicted molar refractivity (Wildman–Crippen MR) is 126 cm³/mol. The highest BCUT2D eigenvalue weighted by Gasteiger charge is 2.39. The fraction of sp³-hybridized carbons (Fsp3) is 0.480. The van der Waals surface area contributed by atoms with Crippen LogP contribution in [-0.4, -0.2) is 55.5 Å². The molecule has 0 saturated carbocycles. The Morgan fingerprint density at radius 1 is 1.16 bits per heavy atom. The van der Waals surface area contributed by atoms with E-state index in [0.29, 0.717) is 17.7 Å². The van der Waals surface area contributed by atoms with Crippen LogP contribution in [0.15, 0.2) is 48.5 Å². The summed E-state index contributed by atoms with van der Waals surface area (Å²) in [4.78, 5) is 17.9. The van der Waals surface area contributed by atoms with Gasteiger partial charge in [0.1, 0.15) is 5.75 Å². The Kier molecular flexibility index (Phi) is 7.16. The van der Waals surface area contributed by atoms with Crippen molar-refractivity contribution in [3.05, 3.63) is 59.1 Å². The van der Waals surface area contributed by atoms with Gasteiger partial charge in [-0.25, -0.2) is 0 Å². The first kappa shape index (κ1) is 22.1. The van der Waals surface area contributed by atoms with E-state index in [1.54, 1.807) is 7.11 Å². The second-order valence-electron chi connectivity index (χ2n) is 8.86. The average molecular weight is 442 g/mol. The summed E-state index contributed by atoms with van der Waals surface area (Å²) in [6, 6.07) is 16.1. The van der Waals surface area contributed by atoms with Gasteiger partial charge in [0.15, 0.2) is 0 Å². The molecule has 2 aliphatic rings. The molecule has 1 N–H and O–H groups in total. The monoisotopic (exact) mass is 441 g/mol. The summed E-state index contributed by atoms with van der Waals surface area (Å²) in [6.45, 7) is 3.86. The Morgan fingerprint density at radius 2 is 1.94 bits per heavy atom. The van der Waals surface area contributed by atoms with Crippen LogP contribution in [0, 0.1) is 11.8 Å². The number of amides is 1. The molecule has 0 aliphatic carbocycles. The number of hydrogen-bond donors (Lipinski definition) is 1. The standard InChI is InChI=1S/C25H32ClN3O2/c1-28-15-20(25(30)27-22-11-5-6-12-24(22)31-2)14-23(28)19-9-7-13-29(17-19)16-18-8-3-4-10-21(18)26/h3-6,8,10-12,19-20,23H,7,9,13-17H2,1-2H3,(H,27,30). The number of para-hydroxylation sites is 2. The molecule has 31 heavy (non-hydrogen) atoms. The quantitative estimate of drug-likeness (QED) is 0.715. The molecule has 2 heterocycles. The van der Waals surface area contributed by atoms with E-state index < -0.39 is 0 Å². The number of halogens is 1. The zero-order valence-electron chi connectivity index (χ0n) is 18.4. The molecule has 3 atom stereocenters. The van der Waals surface area contributed by atoms with Crippen LogP contribution in [0.2, 0.25) is 5.02 Å². The SMILES string of the molecule is COc1ccccc1NC(=O)C1CC(C2CCCN(Cc3ccccc3Cl)C2)N(C)C1. The molecule has 2 fully saturated rings. The Balaban J connectivity index is 1.36. The second-order valence-corrected chi connectivity index (χ2v) is 9.27. The molecule has 166 valence electrons. The van der Waals surface area contributed by atoms with Crippen molar-refractivity contribution in [1.82, 2.24) is 9.80 Å². The van der Waals surface area contributed by atoms with Crippen LogP contribution in [0.3, 0.4) is 0 Å². The molecular weight excluding hydrogens is 410 g/mol. The lowest BCUT2D eigenvalue weighted by Crippen LogP contribution is -2.43. The number of piperidine rings is 1. The maximum atomic E-state index is 13.0. The highest BCUT2D eigenvalue weighted by molar-refractivity contribution is 6.31. The molecule has 0 aromatic heterocycles. The summed E-state index contributed by atoms with van der Waals surface area (Å²) in [6.07, 6.45) is 3.31. The second kappa shape index (κ2) is 10.0. The number of benzene rings is 2. The number of likely N-dealkylation sites (tertiary alicyclic amines) is 2. The van der Waals surface area contributed by atoms with E-state index in [1.165, 1.54) is 18.4 Å². The summed E-state index contributed by atoms with van der Waals surface area (Å²) < 4.78 is 5.38. The van der Waals surface area contributed by atoms with E-state index in [9.17, 15) is 4.79 Å². The van der Waals surface area contributed by atoms with Crippen molar-refractivity contribution in [2.24, 2.45) is 11.8 Å². The molecule has 2 aromatic rings. The number of nitrogens with zero attached hydrogens (tertiary/aromatic N) is 2. The maximum Gasteiger partial charge on any atom is 0.228 e. The average Bonchev–Trinajstić information content (AvgIpc) is 3.18. The molecule has 5 nitrogen and oxygen atoms in total. The van der Waals surface area contributed by atoms with E-state index >= 15 is 0 Å². The number of nitrogens with one attached hydrogen (secondary N) is 1. The molecular formula is C25H32ClN3O2. The first-order chi connectivity index (χ1) is 15.0. The molecule has 1 amide bonds. The van der Waals surface area contributed by atoms with Crippen molar-refractivity contribution < 1.29 is 9.53 Å². The van der Waals surface area contributed by atoms with Gasteiger partial charge in [0.05, 0.1) is 18.7 Å². The van der Waals surface area contributed by atoms with Gasteiger partial charge >= 0.3 is 0 Å². The Labute approximate surface area is 190 Å². The van der Waals surface area contributed by atoms with Gasteiger partial charge in [0.25, 0.3) is 0 Å². The van der Waals surface area contributed by atoms with Gasteiger partial charge in [-0.2, -0.15) is 0 Å². The van der Waals surface area contributed by atoms with E-state index in [-0.39, 0.29) is 11.8 Å². The minimum atomic E-state index is -0.00106. The van der Waals surface area contributed by atoms with Crippen LogP contribution in [0.5, 0.6) is 5.75 Å². The third-order valence-corrected chi connectivity index (χ3v) is 7.14. The Bertz CT molecular complexity index is 906. The molecule has 3 unspecified atom stereocenters. The highest BCUT2D eigenvalue weighted by Crippen LogP contribution is 2.34. The normalized spacial score (nSPS) is 24.8. The first-order valence-corrected chi connectivity index (χ1v) is 11.5. The van der Waals surface area contributed by atoms with Crippen LogP contribution in [0.1, 0.15) is 24.8 Å². The number of methoxy groups -OCH3 is 1. The summed E-state index contributed by atoms with van der Waals surface area (Å²) >= 11 is 6.38. The zero-order valence-corrected chi connectivity index (χ0v) is 19.1. The summed E-state index contributed by atoms with van der Waals surface area (Å²) in [5, 5.41) is 3.92. The molecule has 2 saturated heterocycles. The van der Waals surface area contributed by atoms with E-state index in [4.69, 9.17) is 16.3 Å². The van der Waals surface area contributed by atoms with E-state index in [0.717, 1.165) is 43.3 Å². The first-order valence-electron chi connectivity index (χ1n) is 11.1. The van der Waals surface area contributed by atoms with Gasteiger partial charge in [-0.3, -0.25) is 9.69 Å². The minimum Gasteiger partial charge on any atom is -0.495 e. The Hall–Kier alpha value is -2.08. The molecule has 0 spiro atoms. The molecule has 6 heteroatoms. The molecule has 0 radical (unpaired) electrons. The topological polar surface area (TPSA) is 44.8 Å². The number of carbonyl (C=O) groups is 1. The third kappa shape index (κ3) is 5.22. The van der Waals surface area contributed by atoms with E-state index in [1.807, 2.05) is 36.4 Å². The predicted octanol–water partition coefficient (Wildman–Crippen LogP) is 4.52. The van der Waals surface area contributed by atoms with Crippen molar-refractivity contribution in [2.45, 2.75) is 31.8 Å². The number of carbonyl (C=O) groups excluding carboxylic acids is 1. The summed E-state index contributed by atoms with van der Waals surface area (Å²) in [7, 11) is 3.79. The number of ether oxygens (including phenoxy) is 1. The van der Waals surface area contributed by atoms with Crippen molar-refractivity contribution in [3.8, 4) is 5.75 Å². The molecule has 2 aromatic carbocycles. The van der Waals surface area contributed by atoms with Crippen LogP contribution in [0.25, 0.3) is 0 Å². The van der Waals surface area contributed by atoms with Gasteiger partial charge in [-0.1, -0.05) is 41.9 Å². The minimum absolute atomic E-state index is 0.00106. The van der Waals surface area contributed by atoms with Crippen molar-refractivity contribution >= 4 is 23.2 Å². The van der Waals surface area contributed by atoms with Gasteiger partial charge in [-0.05, 0) is 62.5 Å². The zero-order chi connectivity index (χ0) is 21.8. The summed E-state index contributed by atoms with van der Waals surface area (Å²) in [5.74, 6) is 1.35. The fourth-order valence-electron chi connectivity index (χ4n) is 5.17. The van der Waals surface area contributed by atoms with E-state index in [2.05, 4.69) is 34.3 Å². The van der Waals surface area contributed by atoms with Crippen molar-refractivity contribution in [3.63, 3.8) is 0 Å². The van der Waals surface area contributed by atoms with Gasteiger partial charge < -0.3 is 15.0 Å². The largest absolute Gasteiger partial charge is 0.495 e. The third-order valence-electron chi connectivity index (χ3n) is 6.77.